The number of anilines is 1. The number of halogens is 1. The molecule has 254 valence electrons. The van der Waals surface area contributed by atoms with Gasteiger partial charge in [-0.15, -0.1) is 10.2 Å². The summed E-state index contributed by atoms with van der Waals surface area (Å²) in [6.07, 6.45) is 1.07. The number of fused-ring (bicyclic) bond motifs is 4. The zero-order valence-electron chi connectivity index (χ0n) is 27.3. The third-order valence-corrected chi connectivity index (χ3v) is 13.6. The quantitative estimate of drug-likeness (QED) is 0.236. The number of hydrogen-bond acceptors (Lipinski definition) is 8. The molecule has 50 heavy (non-hydrogen) atoms. The number of piperidine rings is 1. The van der Waals surface area contributed by atoms with Crippen LogP contribution in [-0.4, -0.2) is 22.6 Å². The highest BCUT2D eigenvalue weighted by molar-refractivity contribution is 8.01. The number of oxazole rings is 1. The van der Waals surface area contributed by atoms with Crippen molar-refractivity contribution in [3.8, 4) is 11.5 Å². The molecule has 11 heteroatoms. The molecule has 0 spiro atoms. The molecule has 2 bridgehead atoms. The average Bonchev–Trinajstić information content (AvgIpc) is 3.56. The highest BCUT2D eigenvalue weighted by Gasteiger charge is 2.54. The molecule has 6 aromatic rings. The first-order chi connectivity index (χ1) is 24.1. The van der Waals surface area contributed by atoms with Crippen molar-refractivity contribution in [2.75, 3.05) is 18.0 Å². The van der Waals surface area contributed by atoms with Crippen LogP contribution in [0.4, 0.5) is 5.88 Å². The maximum atomic E-state index is 12.8. The van der Waals surface area contributed by atoms with E-state index in [1.807, 2.05) is 10.6 Å². The van der Waals surface area contributed by atoms with Crippen molar-refractivity contribution < 1.29 is 33.3 Å². The number of hydrogen-bond donors (Lipinski definition) is 0. The van der Waals surface area contributed by atoms with Crippen LogP contribution in [0.1, 0.15) is 23.6 Å². The fraction of sp³-hybridized carbons (Fsp3) is 0.179. The molecule has 0 amide bonds. The summed E-state index contributed by atoms with van der Waals surface area (Å²) < 4.78 is 43.0. The minimum absolute atomic E-state index is 0.0971. The Balaban J connectivity index is 0.000000734. The van der Waals surface area contributed by atoms with Crippen LogP contribution in [0.25, 0.3) is 11.5 Å². The van der Waals surface area contributed by atoms with Gasteiger partial charge in [0, 0.05) is 42.9 Å². The lowest BCUT2D eigenvalue weighted by Crippen LogP contribution is -2.68. The lowest BCUT2D eigenvalue weighted by molar-refractivity contribution is -2.00. The van der Waals surface area contributed by atoms with E-state index in [2.05, 4.69) is 133 Å². The van der Waals surface area contributed by atoms with Crippen LogP contribution >= 0.6 is 7.26 Å². The first-order valence-electron chi connectivity index (χ1n) is 16.3. The molecule has 4 heterocycles. The molecule has 0 aliphatic carbocycles. The summed E-state index contributed by atoms with van der Waals surface area (Å²) in [5.41, 5.74) is 4.38. The van der Waals surface area contributed by atoms with Gasteiger partial charge in [-0.2, -0.15) is 4.98 Å². The smallest absolute Gasteiger partial charge is 0.262 e. The Morgan fingerprint density at radius 2 is 1.24 bits per heavy atom. The summed E-state index contributed by atoms with van der Waals surface area (Å²) in [5, 5.41) is 3.71. The van der Waals surface area contributed by atoms with Gasteiger partial charge in [-0.3, -0.25) is 4.79 Å². The molecule has 1 saturated heterocycles. The largest absolute Gasteiger partial charge is 0.416 e. The zero-order valence-corrected chi connectivity index (χ0v) is 29.0. The van der Waals surface area contributed by atoms with Gasteiger partial charge in [-0.05, 0) is 73.9 Å². The topological polar surface area (TPSA) is 144 Å². The highest BCUT2D eigenvalue weighted by Crippen LogP contribution is 2.56. The van der Waals surface area contributed by atoms with Crippen molar-refractivity contribution in [1.82, 2.24) is 9.55 Å². The monoisotopic (exact) mass is 707 g/mol. The van der Waals surface area contributed by atoms with Crippen LogP contribution in [0.5, 0.6) is 0 Å². The maximum absolute atomic E-state index is 12.8. The fourth-order valence-electron chi connectivity index (χ4n) is 7.38. The van der Waals surface area contributed by atoms with Crippen LogP contribution in [-0.2, 0) is 6.54 Å². The van der Waals surface area contributed by atoms with E-state index in [0.29, 0.717) is 11.8 Å². The molecule has 2 aromatic heterocycles. The second kappa shape index (κ2) is 14.0. The van der Waals surface area contributed by atoms with E-state index in [1.165, 1.54) is 21.5 Å². The molecule has 4 aromatic carbocycles. The molecular weight excluding hydrogens is 673 g/mol. The molecule has 2 atom stereocenters. The minimum Gasteiger partial charge on any atom is -0.416 e. The van der Waals surface area contributed by atoms with E-state index >= 15 is 0 Å². The first kappa shape index (κ1) is 33.9. The summed E-state index contributed by atoms with van der Waals surface area (Å²) in [4.78, 5) is 20.8. The Hall–Kier alpha value is -4.60. The van der Waals surface area contributed by atoms with Crippen molar-refractivity contribution >= 4 is 34.5 Å². The van der Waals surface area contributed by atoms with Crippen molar-refractivity contribution in [3.63, 3.8) is 0 Å². The van der Waals surface area contributed by atoms with Gasteiger partial charge in [0.1, 0.15) is 15.9 Å². The standard InChI is InChI=1S/C39H35N3O2P.ClHO4/c1-28-20-22-30(23-21-28)37-40-38(39(44-37)41-25-29-24-31(27-41)35-18-11-19-36(43)42(35)26-29)45(32-12-5-2-6-13-32,33-14-7-3-8-15-33)34-16-9-4-10-17-34;2-1(3,4)5/h2-23,29,31H,24-27H2,1H3;(H,2,3,4,5)/q+1;/p-1/t29-,31+;/m0./s1. The second-order valence-corrected chi connectivity index (χ2v) is 16.7. The van der Waals surface area contributed by atoms with Crippen LogP contribution in [0, 0.1) is 23.1 Å². The molecule has 2 aliphatic heterocycles. The van der Waals surface area contributed by atoms with Crippen molar-refractivity contribution in [2.45, 2.75) is 25.8 Å². The van der Waals surface area contributed by atoms with E-state index in [1.54, 1.807) is 6.07 Å². The third kappa shape index (κ3) is 6.76. The van der Waals surface area contributed by atoms with Gasteiger partial charge in [0.05, 0.1) is 0 Å². The zero-order chi connectivity index (χ0) is 34.9. The third-order valence-electron chi connectivity index (χ3n) is 9.41. The van der Waals surface area contributed by atoms with Gasteiger partial charge in [0.15, 0.2) is 7.26 Å². The van der Waals surface area contributed by atoms with Gasteiger partial charge in [0.25, 0.3) is 16.9 Å². The molecule has 1 fully saturated rings. The Morgan fingerprint density at radius 1 is 0.700 bits per heavy atom. The molecule has 0 N–H and O–H groups in total. The lowest BCUT2D eigenvalue weighted by atomic mass is 9.83. The molecular formula is C39H35ClN3O6P. The SMILES string of the molecule is Cc1ccc(-c2nc([P+](c3ccccc3)(c3ccccc3)c3ccccc3)c(N3C[C@@H]4C[C@H](C3)c3cccc(=O)n3C4)o2)cc1.[O-][Cl+3]([O-])([O-])[O-]. The molecule has 0 unspecified atom stereocenters. The van der Waals surface area contributed by atoms with Crippen molar-refractivity contribution in [2.24, 2.45) is 5.92 Å². The predicted octanol–water partition coefficient (Wildman–Crippen LogP) is 1.30. The number of pyridine rings is 1. The summed E-state index contributed by atoms with van der Waals surface area (Å²) in [5.74, 6) is 2.07. The summed E-state index contributed by atoms with van der Waals surface area (Å²) >= 11 is 0. The van der Waals surface area contributed by atoms with Crippen LogP contribution in [0.15, 0.2) is 143 Å². The average molecular weight is 708 g/mol. The Morgan fingerprint density at radius 3 is 1.78 bits per heavy atom. The van der Waals surface area contributed by atoms with Gasteiger partial charge in [-0.1, -0.05) is 78.4 Å². The maximum Gasteiger partial charge on any atom is 0.262 e. The molecule has 2 aliphatic rings. The number of aromatic nitrogens is 2. The molecule has 8 rings (SSSR count). The van der Waals surface area contributed by atoms with Gasteiger partial charge < -0.3 is 13.9 Å². The number of rotatable bonds is 6. The number of benzene rings is 4. The Bertz CT molecular complexity index is 2020. The summed E-state index contributed by atoms with van der Waals surface area (Å²) in [6.45, 7) is 4.41. The van der Waals surface area contributed by atoms with Crippen LogP contribution < -0.4 is 50.4 Å². The number of aryl methyl sites for hydroxylation is 1. The second-order valence-electron chi connectivity index (χ2n) is 12.7. The van der Waals surface area contributed by atoms with Crippen molar-refractivity contribution in [3.05, 3.63) is 155 Å². The molecule has 0 radical (unpaired) electrons. The van der Waals surface area contributed by atoms with Crippen molar-refractivity contribution in [1.29, 1.82) is 0 Å². The Kier molecular flexibility index (Phi) is 9.46. The predicted molar refractivity (Wildman–Crippen MR) is 185 cm³/mol. The Labute approximate surface area is 292 Å². The van der Waals surface area contributed by atoms with E-state index in [-0.39, 0.29) is 11.5 Å². The van der Waals surface area contributed by atoms with E-state index < -0.39 is 17.5 Å². The summed E-state index contributed by atoms with van der Waals surface area (Å²) in [6, 6.07) is 46.8. The van der Waals surface area contributed by atoms with E-state index in [9.17, 15) is 4.79 Å². The summed E-state index contributed by atoms with van der Waals surface area (Å²) in [7, 11) is -7.47. The lowest BCUT2D eigenvalue weighted by Gasteiger charge is -2.42. The van der Waals surface area contributed by atoms with Gasteiger partial charge in [0.2, 0.25) is 5.89 Å². The number of nitrogens with zero attached hydrogens (tertiary/aromatic N) is 3. The van der Waals surface area contributed by atoms with E-state index in [0.717, 1.165) is 48.6 Å². The first-order valence-corrected chi connectivity index (χ1v) is 19.3. The van der Waals surface area contributed by atoms with Gasteiger partial charge in [-0.25, -0.2) is 18.6 Å². The van der Waals surface area contributed by atoms with Gasteiger partial charge >= 0.3 is 0 Å². The molecule has 0 saturated carbocycles. The van der Waals surface area contributed by atoms with Crippen LogP contribution in [0.3, 0.4) is 0 Å². The van der Waals surface area contributed by atoms with Crippen LogP contribution in [0.2, 0.25) is 0 Å². The van der Waals surface area contributed by atoms with E-state index in [4.69, 9.17) is 28.0 Å². The minimum atomic E-state index is -4.94. The normalized spacial score (nSPS) is 17.0. The highest BCUT2D eigenvalue weighted by atomic mass is 35.7. The fourth-order valence-corrected chi connectivity index (χ4v) is 11.6. The molecule has 9 nitrogen and oxygen atoms in total.